The van der Waals surface area contributed by atoms with Gasteiger partial charge in [-0.3, -0.25) is 0 Å². The van der Waals surface area contributed by atoms with Crippen LogP contribution in [0.25, 0.3) is 0 Å². The summed E-state index contributed by atoms with van der Waals surface area (Å²) in [7, 11) is 0. The number of ether oxygens (including phenoxy) is 1. The zero-order chi connectivity index (χ0) is 13.8. The van der Waals surface area contributed by atoms with Gasteiger partial charge in [0.1, 0.15) is 0 Å². The topological polar surface area (TPSA) is 49.7 Å². The summed E-state index contributed by atoms with van der Waals surface area (Å²) in [5, 5.41) is 15.2. The first-order valence-electron chi connectivity index (χ1n) is 6.81. The Morgan fingerprint density at radius 1 is 0.765 bits per heavy atom. The second-order valence-corrected chi connectivity index (χ2v) is 4.96. The monoisotopic (exact) mass is 248 g/mol. The predicted octanol–water partition coefficient (Wildman–Crippen LogP) is 2.84. The van der Waals surface area contributed by atoms with Crippen molar-refractivity contribution in [3.05, 3.63) is 0 Å². The molecular weight excluding hydrogens is 216 g/mol. The van der Waals surface area contributed by atoms with Crippen LogP contribution in [-0.4, -0.2) is 35.6 Å². The Morgan fingerprint density at radius 2 is 1.06 bits per heavy atom. The van der Waals surface area contributed by atoms with Gasteiger partial charge < -0.3 is 14.9 Å². The summed E-state index contributed by atoms with van der Waals surface area (Å²) in [5.41, 5.74) is 0. The van der Waals surface area contributed by atoms with Gasteiger partial charge in [-0.25, -0.2) is 0 Å². The Morgan fingerprint density at radius 3 is 1.18 bits per heavy atom. The third-order valence-corrected chi connectivity index (χ3v) is 2.74. The summed E-state index contributed by atoms with van der Waals surface area (Å²) in [4.78, 5) is 0. The smallest absolute Gasteiger partial charge is 0.0662 e. The van der Waals surface area contributed by atoms with E-state index in [1.807, 2.05) is 0 Å². The van der Waals surface area contributed by atoms with Crippen LogP contribution in [0.3, 0.4) is 0 Å². The molecule has 0 aliphatic heterocycles. The maximum Gasteiger partial charge on any atom is 0.0662 e. The number of hydrogen-bond donors (Lipinski definition) is 2. The highest BCUT2D eigenvalue weighted by Crippen LogP contribution is 2.18. The zero-order valence-electron chi connectivity index (χ0n) is 12.4. The molecule has 0 aromatic heterocycles. The highest BCUT2D eigenvalue weighted by molar-refractivity contribution is 4.66. The lowest BCUT2D eigenvalue weighted by Gasteiger charge is -2.28. The number of aliphatic hydroxyl groups excluding tert-OH is 2. The van der Waals surface area contributed by atoms with Gasteiger partial charge in [-0.15, -0.1) is 0 Å². The fraction of sp³-hybridized carbons (Fsp3) is 1.00. The first-order valence-corrected chi connectivity index (χ1v) is 6.81. The van der Waals surface area contributed by atoms with Crippen LogP contribution in [-0.2, 0) is 4.74 Å². The van der Waals surface area contributed by atoms with Crippen molar-refractivity contribution in [1.29, 1.82) is 0 Å². The SMILES string of the molecule is CCC(OC(CC)C(C)C)C(C)C.OCCO. The van der Waals surface area contributed by atoms with Gasteiger partial charge in [-0.2, -0.15) is 0 Å². The van der Waals surface area contributed by atoms with E-state index < -0.39 is 0 Å². The molecule has 0 aromatic rings. The minimum atomic E-state index is -0.125. The van der Waals surface area contributed by atoms with Crippen molar-refractivity contribution < 1.29 is 14.9 Å². The van der Waals surface area contributed by atoms with Crippen LogP contribution >= 0.6 is 0 Å². The van der Waals surface area contributed by atoms with E-state index in [0.717, 1.165) is 12.8 Å². The molecule has 3 nitrogen and oxygen atoms in total. The Balaban J connectivity index is 0. The molecule has 0 bridgehead atoms. The molecule has 2 unspecified atom stereocenters. The highest BCUT2D eigenvalue weighted by atomic mass is 16.5. The van der Waals surface area contributed by atoms with E-state index in [-0.39, 0.29) is 13.2 Å². The number of hydrogen-bond acceptors (Lipinski definition) is 3. The summed E-state index contributed by atoms with van der Waals surface area (Å²) in [6.45, 7) is 13.1. The molecule has 3 heteroatoms. The molecule has 0 heterocycles. The molecule has 0 fully saturated rings. The summed E-state index contributed by atoms with van der Waals surface area (Å²) in [6, 6.07) is 0. The van der Waals surface area contributed by atoms with Gasteiger partial charge in [-0.1, -0.05) is 41.5 Å². The van der Waals surface area contributed by atoms with Gasteiger partial charge in [0, 0.05) is 0 Å². The van der Waals surface area contributed by atoms with Crippen LogP contribution in [0.4, 0.5) is 0 Å². The molecule has 106 valence electrons. The summed E-state index contributed by atoms with van der Waals surface area (Å²) in [6.07, 6.45) is 3.13. The van der Waals surface area contributed by atoms with E-state index >= 15 is 0 Å². The lowest BCUT2D eigenvalue weighted by atomic mass is 10.0. The molecule has 0 spiro atoms. The van der Waals surface area contributed by atoms with Gasteiger partial charge in [0.05, 0.1) is 25.4 Å². The molecule has 0 rings (SSSR count). The first-order chi connectivity index (χ1) is 7.94. The zero-order valence-corrected chi connectivity index (χ0v) is 12.4. The van der Waals surface area contributed by atoms with Crippen molar-refractivity contribution in [3.63, 3.8) is 0 Å². The van der Waals surface area contributed by atoms with E-state index in [0.29, 0.717) is 24.0 Å². The molecule has 17 heavy (non-hydrogen) atoms. The van der Waals surface area contributed by atoms with Crippen molar-refractivity contribution in [2.45, 2.75) is 66.6 Å². The molecule has 0 aliphatic carbocycles. The molecule has 0 amide bonds. The summed E-state index contributed by atoms with van der Waals surface area (Å²) < 4.78 is 6.07. The average molecular weight is 248 g/mol. The van der Waals surface area contributed by atoms with Crippen LogP contribution in [0.2, 0.25) is 0 Å². The third-order valence-electron chi connectivity index (χ3n) is 2.74. The van der Waals surface area contributed by atoms with Crippen molar-refractivity contribution in [3.8, 4) is 0 Å². The maximum absolute atomic E-state index is 7.62. The lowest BCUT2D eigenvalue weighted by Crippen LogP contribution is -2.28. The van der Waals surface area contributed by atoms with Crippen LogP contribution in [0.15, 0.2) is 0 Å². The molecular formula is C14H32O3. The quantitative estimate of drug-likeness (QED) is 0.728. The van der Waals surface area contributed by atoms with Crippen LogP contribution in [0.1, 0.15) is 54.4 Å². The Bertz CT molecular complexity index is 130. The maximum atomic E-state index is 7.62. The van der Waals surface area contributed by atoms with Crippen LogP contribution < -0.4 is 0 Å². The number of rotatable bonds is 7. The second-order valence-electron chi connectivity index (χ2n) is 4.96. The first kappa shape index (κ1) is 19.2. The largest absolute Gasteiger partial charge is 0.394 e. The molecule has 2 N–H and O–H groups in total. The summed E-state index contributed by atoms with van der Waals surface area (Å²) >= 11 is 0. The van der Waals surface area contributed by atoms with Gasteiger partial charge in [-0.05, 0) is 24.7 Å². The lowest BCUT2D eigenvalue weighted by molar-refractivity contribution is -0.0589. The van der Waals surface area contributed by atoms with Crippen LogP contribution in [0.5, 0.6) is 0 Å². The Labute approximate surface area is 107 Å². The highest BCUT2D eigenvalue weighted by Gasteiger charge is 2.19. The normalized spacial score (nSPS) is 14.5. The van der Waals surface area contributed by atoms with Crippen molar-refractivity contribution in [1.82, 2.24) is 0 Å². The molecule has 0 radical (unpaired) electrons. The average Bonchev–Trinajstić information content (AvgIpc) is 2.29. The molecule has 0 aliphatic rings. The third kappa shape index (κ3) is 10.7. The fourth-order valence-corrected chi connectivity index (χ4v) is 1.67. The Hall–Kier alpha value is -0.120. The molecule has 2 atom stereocenters. The predicted molar refractivity (Wildman–Crippen MR) is 73.1 cm³/mol. The number of aliphatic hydroxyl groups is 2. The van der Waals surface area contributed by atoms with Crippen LogP contribution in [0, 0.1) is 11.8 Å². The molecule has 0 saturated heterocycles. The molecule has 0 aromatic carbocycles. The van der Waals surface area contributed by atoms with Gasteiger partial charge in [0.15, 0.2) is 0 Å². The van der Waals surface area contributed by atoms with E-state index in [1.54, 1.807) is 0 Å². The standard InChI is InChI=1S/C12H26O.C2H6O2/c1-7-11(9(3)4)13-12(8-2)10(5)6;3-1-2-4/h9-12H,7-8H2,1-6H3;3-4H,1-2H2. The second kappa shape index (κ2) is 12.3. The van der Waals surface area contributed by atoms with Crippen molar-refractivity contribution >= 4 is 0 Å². The fourth-order valence-electron chi connectivity index (χ4n) is 1.67. The minimum absolute atomic E-state index is 0.125. The van der Waals surface area contributed by atoms with Gasteiger partial charge in [0.2, 0.25) is 0 Å². The minimum Gasteiger partial charge on any atom is -0.394 e. The van der Waals surface area contributed by atoms with E-state index in [4.69, 9.17) is 14.9 Å². The van der Waals surface area contributed by atoms with Crippen molar-refractivity contribution in [2.75, 3.05) is 13.2 Å². The van der Waals surface area contributed by atoms with Gasteiger partial charge in [0.25, 0.3) is 0 Å². The van der Waals surface area contributed by atoms with Gasteiger partial charge >= 0.3 is 0 Å². The summed E-state index contributed by atoms with van der Waals surface area (Å²) in [5.74, 6) is 1.27. The van der Waals surface area contributed by atoms with E-state index in [1.165, 1.54) is 0 Å². The van der Waals surface area contributed by atoms with Crippen molar-refractivity contribution in [2.24, 2.45) is 11.8 Å². The van der Waals surface area contributed by atoms with E-state index in [9.17, 15) is 0 Å². The Kier molecular flexibility index (Phi) is 14.0. The van der Waals surface area contributed by atoms with E-state index in [2.05, 4.69) is 41.5 Å². The molecule has 0 saturated carbocycles.